The predicted molar refractivity (Wildman–Crippen MR) is 103 cm³/mol. The molecular weight excluding hydrogens is 394 g/mol. The zero-order valence-electron chi connectivity index (χ0n) is 15.6. The predicted octanol–water partition coefficient (Wildman–Crippen LogP) is 0.808. The molecule has 1 heterocycles. The normalized spacial score (nSPS) is 15.7. The van der Waals surface area contributed by atoms with Gasteiger partial charge in [0.15, 0.2) is 0 Å². The first-order valence-electron chi connectivity index (χ1n) is 8.79. The van der Waals surface area contributed by atoms with Crippen molar-refractivity contribution in [2.45, 2.75) is 11.8 Å². The summed E-state index contributed by atoms with van der Waals surface area (Å²) < 4.78 is 37.0. The lowest BCUT2D eigenvalue weighted by atomic mass is 10.3. The van der Waals surface area contributed by atoms with Crippen LogP contribution in [0, 0.1) is 0 Å². The zero-order chi connectivity index (χ0) is 19.9. The fourth-order valence-corrected chi connectivity index (χ4v) is 4.47. The van der Waals surface area contributed by atoms with E-state index < -0.39 is 10.0 Å². The van der Waals surface area contributed by atoms with Crippen LogP contribution in [-0.4, -0.2) is 83.1 Å². The summed E-state index contributed by atoms with van der Waals surface area (Å²) in [6.45, 7) is 5.85. The van der Waals surface area contributed by atoms with Gasteiger partial charge in [-0.3, -0.25) is 9.69 Å². The number of hydrogen-bond acceptors (Lipinski definition) is 6. The van der Waals surface area contributed by atoms with E-state index in [0.29, 0.717) is 32.1 Å². The van der Waals surface area contributed by atoms with Crippen LogP contribution in [0.15, 0.2) is 23.1 Å². The minimum Gasteiger partial charge on any atom is -0.495 e. The van der Waals surface area contributed by atoms with Crippen LogP contribution in [0.3, 0.4) is 0 Å². The number of halogens is 1. The third-order valence-electron chi connectivity index (χ3n) is 4.29. The van der Waals surface area contributed by atoms with E-state index in [0.717, 1.165) is 17.4 Å². The Morgan fingerprint density at radius 1 is 1.37 bits per heavy atom. The fourth-order valence-electron chi connectivity index (χ4n) is 2.72. The number of nitrogens with one attached hydrogen (secondary N) is 1. The van der Waals surface area contributed by atoms with Crippen LogP contribution in [0.4, 0.5) is 0 Å². The molecule has 0 spiro atoms. The topological polar surface area (TPSA) is 88.2 Å². The van der Waals surface area contributed by atoms with Gasteiger partial charge in [0.2, 0.25) is 15.9 Å². The number of methoxy groups -OCH3 is 1. The smallest absolute Gasteiger partial charge is 0.243 e. The van der Waals surface area contributed by atoms with Gasteiger partial charge in [0, 0.05) is 32.7 Å². The summed E-state index contributed by atoms with van der Waals surface area (Å²) in [7, 11) is -2.38. The third kappa shape index (κ3) is 6.05. The van der Waals surface area contributed by atoms with Crippen LogP contribution >= 0.6 is 11.6 Å². The molecule has 2 rings (SSSR count). The number of hydrogen-bond donors (Lipinski definition) is 1. The second-order valence-electron chi connectivity index (χ2n) is 6.03. The zero-order valence-corrected chi connectivity index (χ0v) is 17.2. The molecule has 0 atom stereocenters. The lowest BCUT2D eigenvalue weighted by Gasteiger charge is -2.26. The summed E-state index contributed by atoms with van der Waals surface area (Å²) in [4.78, 5) is 14.4. The number of ether oxygens (including phenoxy) is 2. The first kappa shape index (κ1) is 21.9. The molecule has 1 aliphatic heterocycles. The number of benzene rings is 1. The van der Waals surface area contributed by atoms with E-state index in [4.69, 9.17) is 21.1 Å². The molecule has 152 valence electrons. The molecule has 8 nitrogen and oxygen atoms in total. The van der Waals surface area contributed by atoms with E-state index in [2.05, 4.69) is 10.2 Å². The molecule has 0 bridgehead atoms. The summed E-state index contributed by atoms with van der Waals surface area (Å²) in [5.41, 5.74) is 0. The van der Waals surface area contributed by atoms with Crippen LogP contribution in [0.5, 0.6) is 5.75 Å². The van der Waals surface area contributed by atoms with Gasteiger partial charge in [-0.2, -0.15) is 4.31 Å². The lowest BCUT2D eigenvalue weighted by Crippen LogP contribution is -2.44. The third-order valence-corrected chi connectivity index (χ3v) is 6.50. The monoisotopic (exact) mass is 419 g/mol. The molecule has 0 unspecified atom stereocenters. The maximum atomic E-state index is 12.8. The van der Waals surface area contributed by atoms with Crippen molar-refractivity contribution in [3.05, 3.63) is 23.2 Å². The van der Waals surface area contributed by atoms with Crippen LogP contribution in [0.2, 0.25) is 5.02 Å². The van der Waals surface area contributed by atoms with Crippen molar-refractivity contribution < 1.29 is 22.7 Å². The number of sulfonamides is 1. The maximum absolute atomic E-state index is 12.8. The summed E-state index contributed by atoms with van der Waals surface area (Å²) in [6.07, 6.45) is 0. The Hall–Kier alpha value is -1.39. The van der Waals surface area contributed by atoms with Gasteiger partial charge in [-0.1, -0.05) is 18.5 Å². The van der Waals surface area contributed by atoms with Crippen molar-refractivity contribution in [3.63, 3.8) is 0 Å². The number of rotatable bonds is 9. The second kappa shape index (κ2) is 10.2. The van der Waals surface area contributed by atoms with E-state index in [-0.39, 0.29) is 28.9 Å². The minimum absolute atomic E-state index is 0.0243. The minimum atomic E-state index is -3.83. The molecule has 1 amide bonds. The number of nitrogens with zero attached hydrogens (tertiary/aromatic N) is 2. The van der Waals surface area contributed by atoms with E-state index in [1.54, 1.807) is 6.92 Å². The molecular formula is C17H26ClN3O5S. The van der Waals surface area contributed by atoms with Gasteiger partial charge in [-0.25, -0.2) is 8.42 Å². The summed E-state index contributed by atoms with van der Waals surface area (Å²) in [5.74, 6) is 0.0489. The Bertz CT molecular complexity index is 738. The standard InChI is InChI=1S/C17H26ClN3O5S/c1-3-21(13-17(22)19-6-7-20-8-10-26-11-9-20)27(23,24)14-4-5-16(25-2)15(18)12-14/h4-5,12H,3,6-11,13H2,1-2H3,(H,19,22). The molecule has 1 N–H and O–H groups in total. The Balaban J connectivity index is 1.93. The van der Waals surface area contributed by atoms with Crippen molar-refractivity contribution in [3.8, 4) is 5.75 Å². The molecule has 0 radical (unpaired) electrons. The second-order valence-corrected chi connectivity index (χ2v) is 8.38. The molecule has 27 heavy (non-hydrogen) atoms. The largest absolute Gasteiger partial charge is 0.495 e. The van der Waals surface area contributed by atoms with Crippen molar-refractivity contribution in [2.75, 3.05) is 59.6 Å². The Morgan fingerprint density at radius 3 is 2.67 bits per heavy atom. The van der Waals surface area contributed by atoms with Gasteiger partial charge in [-0.05, 0) is 18.2 Å². The summed E-state index contributed by atoms with van der Waals surface area (Å²) in [6, 6.07) is 4.24. The van der Waals surface area contributed by atoms with E-state index in [9.17, 15) is 13.2 Å². The average molecular weight is 420 g/mol. The van der Waals surface area contributed by atoms with Crippen molar-refractivity contribution in [1.29, 1.82) is 0 Å². The highest BCUT2D eigenvalue weighted by Gasteiger charge is 2.26. The first-order valence-corrected chi connectivity index (χ1v) is 10.6. The van der Waals surface area contributed by atoms with E-state index in [1.807, 2.05) is 0 Å². The van der Waals surface area contributed by atoms with Gasteiger partial charge in [0.1, 0.15) is 5.75 Å². The molecule has 0 aromatic heterocycles. The lowest BCUT2D eigenvalue weighted by molar-refractivity contribution is -0.121. The average Bonchev–Trinajstić information content (AvgIpc) is 2.66. The number of carbonyl (C=O) groups is 1. The quantitative estimate of drug-likeness (QED) is 0.637. The van der Waals surface area contributed by atoms with Gasteiger partial charge in [0.05, 0.1) is 36.8 Å². The number of amides is 1. The number of likely N-dealkylation sites (N-methyl/N-ethyl adjacent to an activating group) is 1. The maximum Gasteiger partial charge on any atom is 0.243 e. The fraction of sp³-hybridized carbons (Fsp3) is 0.588. The molecule has 0 saturated carbocycles. The van der Waals surface area contributed by atoms with Crippen molar-refractivity contribution >= 4 is 27.5 Å². The molecule has 1 saturated heterocycles. The first-order chi connectivity index (χ1) is 12.9. The highest BCUT2D eigenvalue weighted by atomic mass is 35.5. The van der Waals surface area contributed by atoms with Crippen molar-refractivity contribution in [1.82, 2.24) is 14.5 Å². The van der Waals surface area contributed by atoms with Crippen LogP contribution in [-0.2, 0) is 19.6 Å². The molecule has 1 fully saturated rings. The Kier molecular flexibility index (Phi) is 8.30. The van der Waals surface area contributed by atoms with E-state index >= 15 is 0 Å². The summed E-state index contributed by atoms with van der Waals surface area (Å²) in [5, 5.41) is 2.97. The van der Waals surface area contributed by atoms with Crippen LogP contribution < -0.4 is 10.1 Å². The molecule has 1 aromatic carbocycles. The van der Waals surface area contributed by atoms with Gasteiger partial charge in [0.25, 0.3) is 0 Å². The van der Waals surface area contributed by atoms with Crippen LogP contribution in [0.25, 0.3) is 0 Å². The molecule has 1 aliphatic rings. The highest BCUT2D eigenvalue weighted by molar-refractivity contribution is 7.89. The highest BCUT2D eigenvalue weighted by Crippen LogP contribution is 2.28. The van der Waals surface area contributed by atoms with E-state index in [1.165, 1.54) is 25.3 Å². The molecule has 0 aliphatic carbocycles. The van der Waals surface area contributed by atoms with Gasteiger partial charge >= 0.3 is 0 Å². The number of morpholine rings is 1. The SMILES string of the molecule is CCN(CC(=O)NCCN1CCOCC1)S(=O)(=O)c1ccc(OC)c(Cl)c1. The number of carbonyl (C=O) groups excluding carboxylic acids is 1. The molecule has 10 heteroatoms. The Labute approximate surface area is 165 Å². The Morgan fingerprint density at radius 2 is 2.07 bits per heavy atom. The van der Waals surface area contributed by atoms with Gasteiger partial charge < -0.3 is 14.8 Å². The van der Waals surface area contributed by atoms with Crippen LogP contribution in [0.1, 0.15) is 6.92 Å². The summed E-state index contributed by atoms with van der Waals surface area (Å²) >= 11 is 6.03. The van der Waals surface area contributed by atoms with Gasteiger partial charge in [-0.15, -0.1) is 0 Å². The van der Waals surface area contributed by atoms with Crippen molar-refractivity contribution in [2.24, 2.45) is 0 Å². The molecule has 1 aromatic rings.